The molecule has 6 heteroatoms. The van der Waals surface area contributed by atoms with Crippen LogP contribution in [0.5, 0.6) is 0 Å². The fourth-order valence-corrected chi connectivity index (χ4v) is 4.12. The number of benzene rings is 1. The minimum atomic E-state index is -0.314. The molecule has 0 N–H and O–H groups in total. The van der Waals surface area contributed by atoms with E-state index >= 15 is 0 Å². The average molecular weight is 428 g/mol. The number of nitrogens with zero attached hydrogens (tertiary/aromatic N) is 5. The molecule has 1 amide bonds. The third-order valence-electron chi connectivity index (χ3n) is 5.60. The summed E-state index contributed by atoms with van der Waals surface area (Å²) in [5, 5.41) is 5.54. The summed E-state index contributed by atoms with van der Waals surface area (Å²) >= 11 is 0. The lowest BCUT2D eigenvalue weighted by atomic mass is 10.00. The maximum absolute atomic E-state index is 13.9. The van der Waals surface area contributed by atoms with E-state index in [9.17, 15) is 4.79 Å². The number of amides is 1. The second-order valence-electron chi connectivity index (χ2n) is 9.16. The van der Waals surface area contributed by atoms with Gasteiger partial charge in [0, 0.05) is 18.9 Å². The van der Waals surface area contributed by atoms with Gasteiger partial charge in [0.05, 0.1) is 33.9 Å². The van der Waals surface area contributed by atoms with E-state index in [0.717, 1.165) is 33.7 Å². The minimum Gasteiger partial charge on any atom is -0.329 e. The number of pyridine rings is 2. The predicted molar refractivity (Wildman–Crippen MR) is 127 cm³/mol. The van der Waals surface area contributed by atoms with Gasteiger partial charge >= 0.3 is 0 Å². The van der Waals surface area contributed by atoms with Gasteiger partial charge in [0.15, 0.2) is 5.65 Å². The van der Waals surface area contributed by atoms with Gasteiger partial charge in [0.1, 0.15) is 0 Å². The van der Waals surface area contributed by atoms with E-state index in [1.807, 2.05) is 80.2 Å². The Hall–Kier alpha value is -3.54. The molecular weight excluding hydrogens is 398 g/mol. The zero-order valence-corrected chi connectivity index (χ0v) is 19.5. The Balaban J connectivity index is 1.87. The van der Waals surface area contributed by atoms with Crippen molar-refractivity contribution in [3.8, 4) is 0 Å². The number of carbonyl (C=O) groups is 1. The van der Waals surface area contributed by atoms with Crippen molar-refractivity contribution >= 4 is 16.9 Å². The SMILES string of the molecule is Cc1cc(C(=O)N(C)[C@@H](c2ccccc2)c2ccccn2)c2c(C)nn(C(C)(C)C)c2n1. The molecule has 3 heterocycles. The Morgan fingerprint density at radius 3 is 2.34 bits per heavy atom. The molecule has 0 radical (unpaired) electrons. The van der Waals surface area contributed by atoms with Crippen molar-refractivity contribution in [2.24, 2.45) is 0 Å². The molecule has 0 saturated carbocycles. The number of hydrogen-bond donors (Lipinski definition) is 0. The van der Waals surface area contributed by atoms with Crippen LogP contribution in [0.25, 0.3) is 11.0 Å². The first-order chi connectivity index (χ1) is 15.2. The van der Waals surface area contributed by atoms with Gasteiger partial charge in [-0.3, -0.25) is 9.78 Å². The van der Waals surface area contributed by atoms with Crippen molar-refractivity contribution < 1.29 is 4.79 Å². The first-order valence-corrected chi connectivity index (χ1v) is 10.8. The molecule has 0 unspecified atom stereocenters. The Kier molecular flexibility index (Phi) is 5.55. The van der Waals surface area contributed by atoms with Crippen LogP contribution in [-0.4, -0.2) is 37.6 Å². The standard InChI is InChI=1S/C26H29N5O/c1-17-16-20(22-18(2)29-31(24(22)28-17)26(3,4)5)25(32)30(6)23(19-12-8-7-9-13-19)21-14-10-11-15-27-21/h7-16,23H,1-6H3/t23-/m0/s1. The summed E-state index contributed by atoms with van der Waals surface area (Å²) in [7, 11) is 1.83. The molecule has 1 aromatic carbocycles. The predicted octanol–water partition coefficient (Wildman–Crippen LogP) is 5.06. The molecule has 0 aliphatic carbocycles. The summed E-state index contributed by atoms with van der Waals surface area (Å²) in [6.45, 7) is 10.1. The summed E-state index contributed by atoms with van der Waals surface area (Å²) in [4.78, 5) is 25.0. The highest BCUT2D eigenvalue weighted by atomic mass is 16.2. The van der Waals surface area contributed by atoms with Crippen molar-refractivity contribution in [3.05, 3.63) is 89.0 Å². The van der Waals surface area contributed by atoms with E-state index < -0.39 is 0 Å². The lowest BCUT2D eigenvalue weighted by Gasteiger charge is -2.29. The topological polar surface area (TPSA) is 63.9 Å². The number of fused-ring (bicyclic) bond motifs is 1. The zero-order chi connectivity index (χ0) is 23.0. The molecule has 4 aromatic rings. The highest BCUT2D eigenvalue weighted by Crippen LogP contribution is 2.31. The molecule has 164 valence electrons. The van der Waals surface area contributed by atoms with Gasteiger partial charge in [-0.15, -0.1) is 0 Å². The van der Waals surface area contributed by atoms with Gasteiger partial charge in [-0.2, -0.15) is 5.10 Å². The van der Waals surface area contributed by atoms with Crippen molar-refractivity contribution in [3.63, 3.8) is 0 Å². The summed E-state index contributed by atoms with van der Waals surface area (Å²) < 4.78 is 1.91. The summed E-state index contributed by atoms with van der Waals surface area (Å²) in [6.07, 6.45) is 1.76. The summed E-state index contributed by atoms with van der Waals surface area (Å²) in [5.41, 5.74) is 4.51. The van der Waals surface area contributed by atoms with E-state index in [1.54, 1.807) is 11.1 Å². The van der Waals surface area contributed by atoms with Crippen molar-refractivity contribution in [2.45, 2.75) is 46.2 Å². The van der Waals surface area contributed by atoms with Gasteiger partial charge in [0.2, 0.25) is 0 Å². The van der Waals surface area contributed by atoms with Crippen LogP contribution in [0.4, 0.5) is 0 Å². The third-order valence-corrected chi connectivity index (χ3v) is 5.60. The summed E-state index contributed by atoms with van der Waals surface area (Å²) in [5.74, 6) is -0.0865. The highest BCUT2D eigenvalue weighted by molar-refractivity contribution is 6.06. The smallest absolute Gasteiger partial charge is 0.255 e. The van der Waals surface area contributed by atoms with Crippen molar-refractivity contribution in [2.75, 3.05) is 7.05 Å². The zero-order valence-electron chi connectivity index (χ0n) is 19.5. The minimum absolute atomic E-state index is 0.0865. The van der Waals surface area contributed by atoms with Crippen LogP contribution >= 0.6 is 0 Å². The molecule has 0 saturated heterocycles. The average Bonchev–Trinajstić information content (AvgIpc) is 3.11. The summed E-state index contributed by atoms with van der Waals surface area (Å²) in [6, 6.07) is 17.3. The fraction of sp³-hybridized carbons (Fsp3) is 0.308. The molecule has 6 nitrogen and oxygen atoms in total. The Bertz CT molecular complexity index is 1220. The molecule has 0 bridgehead atoms. The highest BCUT2D eigenvalue weighted by Gasteiger charge is 2.29. The normalized spacial score (nSPS) is 12.7. The van der Waals surface area contributed by atoms with Crippen molar-refractivity contribution in [1.82, 2.24) is 24.6 Å². The van der Waals surface area contributed by atoms with E-state index in [1.165, 1.54) is 0 Å². The largest absolute Gasteiger partial charge is 0.329 e. The lowest BCUT2D eigenvalue weighted by Crippen LogP contribution is -2.33. The second kappa shape index (κ2) is 8.19. The van der Waals surface area contributed by atoms with E-state index in [2.05, 4.69) is 25.8 Å². The monoisotopic (exact) mass is 427 g/mol. The number of aryl methyl sites for hydroxylation is 2. The van der Waals surface area contributed by atoms with E-state index in [-0.39, 0.29) is 17.5 Å². The second-order valence-corrected chi connectivity index (χ2v) is 9.16. The quantitative estimate of drug-likeness (QED) is 0.457. The first-order valence-electron chi connectivity index (χ1n) is 10.8. The number of hydrogen-bond acceptors (Lipinski definition) is 4. The fourth-order valence-electron chi connectivity index (χ4n) is 4.12. The van der Waals surface area contributed by atoms with Gasteiger partial charge in [0.25, 0.3) is 5.91 Å². The molecule has 0 aliphatic heterocycles. The third kappa shape index (κ3) is 3.88. The number of carbonyl (C=O) groups excluding carboxylic acids is 1. The van der Waals surface area contributed by atoms with Gasteiger partial charge < -0.3 is 4.90 Å². The van der Waals surface area contributed by atoms with E-state index in [0.29, 0.717) is 5.56 Å². The molecule has 0 spiro atoms. The molecule has 1 atom stereocenters. The molecule has 32 heavy (non-hydrogen) atoms. The van der Waals surface area contributed by atoms with Crippen LogP contribution in [0.2, 0.25) is 0 Å². The van der Waals surface area contributed by atoms with Crippen LogP contribution in [-0.2, 0) is 5.54 Å². The van der Waals surface area contributed by atoms with E-state index in [4.69, 9.17) is 10.1 Å². The number of rotatable bonds is 4. The van der Waals surface area contributed by atoms with Crippen LogP contribution in [0, 0.1) is 13.8 Å². The Morgan fingerprint density at radius 2 is 1.72 bits per heavy atom. The Morgan fingerprint density at radius 1 is 1.03 bits per heavy atom. The van der Waals surface area contributed by atoms with Gasteiger partial charge in [-0.05, 0) is 58.4 Å². The molecule has 0 aliphatic rings. The van der Waals surface area contributed by atoms with Crippen LogP contribution in [0.15, 0.2) is 60.8 Å². The lowest BCUT2D eigenvalue weighted by molar-refractivity contribution is 0.0754. The van der Waals surface area contributed by atoms with Gasteiger partial charge in [-0.25, -0.2) is 9.67 Å². The Labute approximate surface area is 188 Å². The van der Waals surface area contributed by atoms with Crippen LogP contribution in [0.1, 0.15) is 59.8 Å². The number of aromatic nitrogens is 4. The maximum Gasteiger partial charge on any atom is 0.255 e. The van der Waals surface area contributed by atoms with Gasteiger partial charge in [-0.1, -0.05) is 36.4 Å². The van der Waals surface area contributed by atoms with Crippen molar-refractivity contribution in [1.29, 1.82) is 0 Å². The molecular formula is C26H29N5O. The first kappa shape index (κ1) is 21.7. The maximum atomic E-state index is 13.9. The molecule has 4 rings (SSSR count). The van der Waals surface area contributed by atoms with Crippen LogP contribution in [0.3, 0.4) is 0 Å². The molecule has 0 fully saturated rings. The van der Waals surface area contributed by atoms with Crippen LogP contribution < -0.4 is 0 Å². The molecule has 3 aromatic heterocycles.